The first-order valence-corrected chi connectivity index (χ1v) is 6.67. The highest BCUT2D eigenvalue weighted by molar-refractivity contribution is 6.06. The van der Waals surface area contributed by atoms with E-state index in [4.69, 9.17) is 5.73 Å². The average Bonchev–Trinajstić information content (AvgIpc) is 2.76. The van der Waals surface area contributed by atoms with Crippen LogP contribution in [0.2, 0.25) is 0 Å². The van der Waals surface area contributed by atoms with Crippen LogP contribution in [-0.4, -0.2) is 22.6 Å². The minimum absolute atomic E-state index is 0.122. The number of para-hydroxylation sites is 1. The Kier molecular flexibility index (Phi) is 2.82. The van der Waals surface area contributed by atoms with Crippen molar-refractivity contribution in [3.63, 3.8) is 0 Å². The van der Waals surface area contributed by atoms with Gasteiger partial charge in [0.15, 0.2) is 0 Å². The summed E-state index contributed by atoms with van der Waals surface area (Å²) < 4.78 is 0. The summed E-state index contributed by atoms with van der Waals surface area (Å²) in [4.78, 5) is 14.8. The lowest BCUT2D eigenvalue weighted by Crippen LogP contribution is -2.21. The molecule has 100 valence electrons. The molecule has 2 aromatic rings. The number of carbonyl (C=O) groups is 1. The number of rotatable bonds is 2. The van der Waals surface area contributed by atoms with Crippen LogP contribution in [0.5, 0.6) is 0 Å². The summed E-state index contributed by atoms with van der Waals surface area (Å²) in [5.41, 5.74) is 9.07. The van der Waals surface area contributed by atoms with Gasteiger partial charge in [-0.25, -0.2) is 0 Å². The molecule has 0 saturated heterocycles. The second kappa shape index (κ2) is 4.38. The number of carbonyl (C=O) groups excluding carboxylic acids is 1. The number of aliphatic hydroxyl groups excluding tert-OH is 1. The van der Waals surface area contributed by atoms with Crippen molar-refractivity contribution in [2.45, 2.75) is 25.7 Å². The molecule has 0 radical (unpaired) electrons. The van der Waals surface area contributed by atoms with Gasteiger partial charge in [0.25, 0.3) is 5.91 Å². The van der Waals surface area contributed by atoms with Gasteiger partial charge in [0, 0.05) is 17.0 Å². The zero-order chi connectivity index (χ0) is 13.6. The molecule has 0 spiro atoms. The average molecular weight is 258 g/mol. The van der Waals surface area contributed by atoms with Crippen LogP contribution >= 0.6 is 0 Å². The topological polar surface area (TPSA) is 79.1 Å². The second-order valence-electron chi connectivity index (χ2n) is 5.41. The Hall–Kier alpha value is -1.81. The molecular formula is C15H18N2O2. The first kappa shape index (κ1) is 12.2. The van der Waals surface area contributed by atoms with E-state index in [1.54, 1.807) is 6.07 Å². The predicted octanol–water partition coefficient (Wildman–Crippen LogP) is 1.93. The molecule has 0 bridgehead atoms. The van der Waals surface area contributed by atoms with Crippen molar-refractivity contribution in [1.29, 1.82) is 0 Å². The van der Waals surface area contributed by atoms with Crippen molar-refractivity contribution >= 4 is 16.8 Å². The normalized spacial score (nSPS) is 22.4. The van der Waals surface area contributed by atoms with Gasteiger partial charge in [-0.15, -0.1) is 0 Å². The number of nitrogens with one attached hydrogen (secondary N) is 1. The Morgan fingerprint density at radius 3 is 3.00 bits per heavy atom. The summed E-state index contributed by atoms with van der Waals surface area (Å²) in [6, 6.07) is 5.62. The van der Waals surface area contributed by atoms with Gasteiger partial charge in [-0.05, 0) is 30.4 Å². The van der Waals surface area contributed by atoms with E-state index in [0.717, 1.165) is 29.4 Å². The van der Waals surface area contributed by atoms with Gasteiger partial charge in [0.1, 0.15) is 0 Å². The molecule has 1 aliphatic carbocycles. The Labute approximate surface area is 111 Å². The third-order valence-corrected chi connectivity index (χ3v) is 4.34. The van der Waals surface area contributed by atoms with E-state index in [0.29, 0.717) is 11.5 Å². The fourth-order valence-electron chi connectivity index (χ4n) is 3.21. The lowest BCUT2D eigenvalue weighted by molar-refractivity contribution is 0.100. The summed E-state index contributed by atoms with van der Waals surface area (Å²) in [7, 11) is 0. The van der Waals surface area contributed by atoms with Crippen molar-refractivity contribution in [3.05, 3.63) is 35.0 Å². The Morgan fingerprint density at radius 2 is 2.32 bits per heavy atom. The molecule has 1 aromatic heterocycles. The van der Waals surface area contributed by atoms with Crippen LogP contribution in [0.4, 0.5) is 0 Å². The predicted molar refractivity (Wildman–Crippen MR) is 74.1 cm³/mol. The molecule has 0 aliphatic heterocycles. The lowest BCUT2D eigenvalue weighted by Gasteiger charge is -2.27. The van der Waals surface area contributed by atoms with Gasteiger partial charge in [-0.2, -0.15) is 0 Å². The number of H-pyrrole nitrogens is 1. The fourth-order valence-corrected chi connectivity index (χ4v) is 3.21. The van der Waals surface area contributed by atoms with E-state index >= 15 is 0 Å². The summed E-state index contributed by atoms with van der Waals surface area (Å²) >= 11 is 0. The number of hydrogen-bond acceptors (Lipinski definition) is 2. The minimum Gasteiger partial charge on any atom is -0.396 e. The maximum absolute atomic E-state index is 11.5. The highest BCUT2D eigenvalue weighted by atomic mass is 16.3. The number of nitrogens with two attached hydrogens (primary N) is 1. The number of primary amides is 1. The molecule has 1 amide bonds. The zero-order valence-corrected chi connectivity index (χ0v) is 10.9. The maximum Gasteiger partial charge on any atom is 0.250 e. The van der Waals surface area contributed by atoms with Gasteiger partial charge < -0.3 is 15.8 Å². The van der Waals surface area contributed by atoms with Crippen LogP contribution in [0.1, 0.15) is 40.9 Å². The van der Waals surface area contributed by atoms with Crippen LogP contribution in [0, 0.1) is 5.92 Å². The monoisotopic (exact) mass is 258 g/mol. The molecule has 4 N–H and O–H groups in total. The molecular weight excluding hydrogens is 240 g/mol. The van der Waals surface area contributed by atoms with Gasteiger partial charge >= 0.3 is 0 Å². The molecule has 0 saturated carbocycles. The van der Waals surface area contributed by atoms with Crippen molar-refractivity contribution in [2.24, 2.45) is 11.7 Å². The Morgan fingerprint density at radius 1 is 1.53 bits per heavy atom. The van der Waals surface area contributed by atoms with E-state index < -0.39 is 5.91 Å². The van der Waals surface area contributed by atoms with Gasteiger partial charge in [0.05, 0.1) is 17.7 Å². The summed E-state index contributed by atoms with van der Waals surface area (Å²) in [5, 5.41) is 10.7. The van der Waals surface area contributed by atoms with Gasteiger partial charge in [-0.1, -0.05) is 19.1 Å². The number of benzene rings is 1. The number of aromatic amines is 1. The zero-order valence-electron chi connectivity index (χ0n) is 10.9. The smallest absolute Gasteiger partial charge is 0.250 e. The molecule has 19 heavy (non-hydrogen) atoms. The fraction of sp³-hybridized carbons (Fsp3) is 0.400. The van der Waals surface area contributed by atoms with E-state index in [-0.39, 0.29) is 12.5 Å². The van der Waals surface area contributed by atoms with Gasteiger partial charge in [0.2, 0.25) is 0 Å². The van der Waals surface area contributed by atoms with E-state index in [1.165, 1.54) is 5.56 Å². The highest BCUT2D eigenvalue weighted by Crippen LogP contribution is 2.39. The van der Waals surface area contributed by atoms with Crippen LogP contribution in [0.25, 0.3) is 10.9 Å². The number of hydrogen-bond donors (Lipinski definition) is 3. The van der Waals surface area contributed by atoms with Crippen LogP contribution in [0.3, 0.4) is 0 Å². The van der Waals surface area contributed by atoms with E-state index in [1.807, 2.05) is 12.1 Å². The highest BCUT2D eigenvalue weighted by Gasteiger charge is 2.29. The molecule has 1 aliphatic rings. The van der Waals surface area contributed by atoms with Crippen molar-refractivity contribution in [3.8, 4) is 0 Å². The molecule has 2 unspecified atom stereocenters. The molecule has 2 atom stereocenters. The Bertz CT molecular complexity index is 645. The quantitative estimate of drug-likeness (QED) is 0.769. The molecule has 1 aromatic carbocycles. The van der Waals surface area contributed by atoms with Crippen molar-refractivity contribution in [1.82, 2.24) is 4.98 Å². The SMILES string of the molecule is CC1CCc2c([nH]c3c(C(N)=O)cccc23)C1CO. The second-order valence-corrected chi connectivity index (χ2v) is 5.41. The molecule has 1 heterocycles. The third-order valence-electron chi connectivity index (χ3n) is 4.34. The number of amides is 1. The summed E-state index contributed by atoms with van der Waals surface area (Å²) in [5.74, 6) is 0.150. The van der Waals surface area contributed by atoms with Crippen LogP contribution in [0.15, 0.2) is 18.2 Å². The molecule has 4 nitrogen and oxygen atoms in total. The number of fused-ring (bicyclic) bond motifs is 3. The first-order chi connectivity index (χ1) is 9.13. The first-order valence-electron chi connectivity index (χ1n) is 6.67. The molecule has 0 fully saturated rings. The Balaban J connectivity index is 2.27. The maximum atomic E-state index is 11.5. The largest absolute Gasteiger partial charge is 0.396 e. The lowest BCUT2D eigenvalue weighted by atomic mass is 9.79. The number of aliphatic hydroxyl groups is 1. The minimum atomic E-state index is -0.419. The molecule has 3 rings (SSSR count). The van der Waals surface area contributed by atoms with Crippen LogP contribution < -0.4 is 5.73 Å². The van der Waals surface area contributed by atoms with Crippen LogP contribution in [-0.2, 0) is 6.42 Å². The van der Waals surface area contributed by atoms with Gasteiger partial charge in [-0.3, -0.25) is 4.79 Å². The van der Waals surface area contributed by atoms with Crippen molar-refractivity contribution in [2.75, 3.05) is 6.61 Å². The number of aryl methyl sites for hydroxylation is 1. The standard InChI is InChI=1S/C15H18N2O2/c1-8-5-6-10-9-3-2-4-11(15(16)19)13(9)17-14(10)12(8)7-18/h2-4,8,12,17-18H,5-7H2,1H3,(H2,16,19). The third kappa shape index (κ3) is 1.75. The van der Waals surface area contributed by atoms with E-state index in [2.05, 4.69) is 11.9 Å². The number of aromatic nitrogens is 1. The van der Waals surface area contributed by atoms with E-state index in [9.17, 15) is 9.90 Å². The molecule has 4 heteroatoms. The summed E-state index contributed by atoms with van der Waals surface area (Å²) in [6.07, 6.45) is 2.04. The van der Waals surface area contributed by atoms with Crippen molar-refractivity contribution < 1.29 is 9.90 Å². The summed E-state index contributed by atoms with van der Waals surface area (Å²) in [6.45, 7) is 2.29.